The molecule has 1 aromatic carbocycles. The number of ether oxygens (including phenoxy) is 1. The lowest BCUT2D eigenvalue weighted by atomic mass is 9.95. The monoisotopic (exact) mass is 440 g/mol. The summed E-state index contributed by atoms with van der Waals surface area (Å²) in [6, 6.07) is 4.91. The van der Waals surface area contributed by atoms with E-state index in [1.807, 2.05) is 0 Å². The van der Waals surface area contributed by atoms with Crippen molar-refractivity contribution in [3.05, 3.63) is 49.8 Å². The molecule has 150 valence electrons. The number of fused-ring (bicyclic) bond motifs is 1. The number of methoxy groups -OCH3 is 1. The summed E-state index contributed by atoms with van der Waals surface area (Å²) in [6.45, 7) is 1.10. The molecule has 0 atom stereocenters. The molecule has 28 heavy (non-hydrogen) atoms. The highest BCUT2D eigenvalue weighted by molar-refractivity contribution is 7.17. The number of halogens is 2. The Kier molecular flexibility index (Phi) is 7.35. The summed E-state index contributed by atoms with van der Waals surface area (Å²) in [6.07, 6.45) is 4.64. The van der Waals surface area contributed by atoms with Crippen LogP contribution < -0.4 is 10.6 Å². The summed E-state index contributed by atoms with van der Waals surface area (Å²) >= 11 is 13.7. The van der Waals surface area contributed by atoms with Crippen LogP contribution in [-0.4, -0.2) is 32.1 Å². The van der Waals surface area contributed by atoms with Crippen LogP contribution in [0.5, 0.6) is 0 Å². The van der Waals surface area contributed by atoms with Gasteiger partial charge in [-0.05, 0) is 49.8 Å². The van der Waals surface area contributed by atoms with Gasteiger partial charge in [-0.3, -0.25) is 9.59 Å². The molecule has 0 aliphatic heterocycles. The molecule has 1 aliphatic rings. The van der Waals surface area contributed by atoms with E-state index in [-0.39, 0.29) is 22.4 Å². The average Bonchev–Trinajstić information content (AvgIpc) is 3.05. The van der Waals surface area contributed by atoms with Crippen LogP contribution in [0.15, 0.2) is 18.2 Å². The number of benzene rings is 1. The molecule has 0 spiro atoms. The predicted octanol–water partition coefficient (Wildman–Crippen LogP) is 4.95. The first kappa shape index (κ1) is 21.1. The fraction of sp³-hybridized carbons (Fsp3) is 0.400. The van der Waals surface area contributed by atoms with Crippen LogP contribution in [0.3, 0.4) is 0 Å². The van der Waals surface area contributed by atoms with Crippen LogP contribution >= 0.6 is 34.5 Å². The van der Waals surface area contributed by atoms with Gasteiger partial charge in [-0.1, -0.05) is 29.3 Å². The summed E-state index contributed by atoms with van der Waals surface area (Å²) in [7, 11) is 1.63. The summed E-state index contributed by atoms with van der Waals surface area (Å²) in [4.78, 5) is 26.8. The second-order valence-corrected chi connectivity index (χ2v) is 8.46. The number of hydrogen-bond donors (Lipinski definition) is 2. The van der Waals surface area contributed by atoms with Crippen molar-refractivity contribution in [3.63, 3.8) is 0 Å². The lowest BCUT2D eigenvalue weighted by Crippen LogP contribution is -2.27. The SMILES string of the molecule is COCCCNC(=O)c1c(NC(=O)c2cccc(Cl)c2Cl)sc2c1CCCC2. The van der Waals surface area contributed by atoms with E-state index in [4.69, 9.17) is 27.9 Å². The van der Waals surface area contributed by atoms with Crippen molar-refractivity contribution in [2.45, 2.75) is 32.1 Å². The number of hydrogen-bond acceptors (Lipinski definition) is 4. The standard InChI is InChI=1S/C20H22Cl2N2O3S/c1-27-11-5-10-23-19(26)16-12-6-2-3-9-15(12)28-20(16)24-18(25)13-7-4-8-14(21)17(13)22/h4,7-8H,2-3,5-6,9-11H2,1H3,(H,23,26)(H,24,25). The third kappa shape index (κ3) is 4.69. The highest BCUT2D eigenvalue weighted by Crippen LogP contribution is 2.38. The molecule has 0 bridgehead atoms. The summed E-state index contributed by atoms with van der Waals surface area (Å²) < 4.78 is 5.02. The van der Waals surface area contributed by atoms with Crippen molar-refractivity contribution in [1.29, 1.82) is 0 Å². The number of amides is 2. The van der Waals surface area contributed by atoms with E-state index in [9.17, 15) is 9.59 Å². The van der Waals surface area contributed by atoms with Gasteiger partial charge in [-0.2, -0.15) is 0 Å². The van der Waals surface area contributed by atoms with Gasteiger partial charge in [-0.25, -0.2) is 0 Å². The van der Waals surface area contributed by atoms with Crippen LogP contribution in [-0.2, 0) is 17.6 Å². The Morgan fingerprint density at radius 1 is 1.18 bits per heavy atom. The first-order valence-electron chi connectivity index (χ1n) is 9.20. The first-order chi connectivity index (χ1) is 13.5. The molecule has 2 N–H and O–H groups in total. The fourth-order valence-corrected chi connectivity index (χ4v) is 4.92. The van der Waals surface area contributed by atoms with Gasteiger partial charge >= 0.3 is 0 Å². The minimum Gasteiger partial charge on any atom is -0.385 e. The van der Waals surface area contributed by atoms with Crippen molar-refractivity contribution in [1.82, 2.24) is 5.32 Å². The molecular formula is C20H22Cl2N2O3S. The van der Waals surface area contributed by atoms with Crippen LogP contribution in [0.4, 0.5) is 5.00 Å². The van der Waals surface area contributed by atoms with Crippen molar-refractivity contribution in [2.24, 2.45) is 0 Å². The summed E-state index contributed by atoms with van der Waals surface area (Å²) in [5.41, 5.74) is 1.91. The third-order valence-electron chi connectivity index (χ3n) is 4.63. The zero-order valence-electron chi connectivity index (χ0n) is 15.6. The molecule has 0 fully saturated rings. The highest BCUT2D eigenvalue weighted by Gasteiger charge is 2.27. The number of aryl methyl sites for hydroxylation is 1. The molecule has 1 aliphatic carbocycles. The van der Waals surface area contributed by atoms with E-state index < -0.39 is 0 Å². The number of rotatable bonds is 7. The molecule has 1 aromatic heterocycles. The van der Waals surface area contributed by atoms with Crippen molar-refractivity contribution in [2.75, 3.05) is 25.6 Å². The van der Waals surface area contributed by atoms with Gasteiger partial charge in [0.1, 0.15) is 5.00 Å². The maximum Gasteiger partial charge on any atom is 0.257 e. The largest absolute Gasteiger partial charge is 0.385 e. The number of thiophene rings is 1. The lowest BCUT2D eigenvalue weighted by Gasteiger charge is -2.13. The lowest BCUT2D eigenvalue weighted by molar-refractivity contribution is 0.0948. The number of carbonyl (C=O) groups excluding carboxylic acids is 2. The molecule has 0 unspecified atom stereocenters. The Morgan fingerprint density at radius 3 is 2.75 bits per heavy atom. The molecule has 3 rings (SSSR count). The summed E-state index contributed by atoms with van der Waals surface area (Å²) in [5, 5.41) is 6.90. The molecule has 8 heteroatoms. The van der Waals surface area contributed by atoms with Gasteiger partial charge in [0.2, 0.25) is 0 Å². The van der Waals surface area contributed by atoms with E-state index in [1.165, 1.54) is 16.2 Å². The number of nitrogens with one attached hydrogen (secondary N) is 2. The minimum absolute atomic E-state index is 0.164. The highest BCUT2D eigenvalue weighted by atomic mass is 35.5. The second-order valence-electron chi connectivity index (χ2n) is 6.57. The zero-order valence-corrected chi connectivity index (χ0v) is 17.9. The Bertz CT molecular complexity index is 883. The van der Waals surface area contributed by atoms with Crippen molar-refractivity contribution in [3.8, 4) is 0 Å². The normalized spacial score (nSPS) is 13.1. The predicted molar refractivity (Wildman–Crippen MR) is 114 cm³/mol. The summed E-state index contributed by atoms with van der Waals surface area (Å²) in [5.74, 6) is -0.539. The molecule has 2 aromatic rings. The first-order valence-corrected chi connectivity index (χ1v) is 10.8. The number of anilines is 1. The Hall–Kier alpha value is -1.60. The van der Waals surface area contributed by atoms with Gasteiger partial charge in [0.15, 0.2) is 0 Å². The quantitative estimate of drug-likeness (QED) is 0.598. The molecule has 0 radical (unpaired) electrons. The number of carbonyl (C=O) groups is 2. The fourth-order valence-electron chi connectivity index (χ4n) is 3.25. The Labute approximate surface area is 178 Å². The smallest absolute Gasteiger partial charge is 0.257 e. The van der Waals surface area contributed by atoms with Gasteiger partial charge in [0.25, 0.3) is 11.8 Å². The van der Waals surface area contributed by atoms with Crippen molar-refractivity contribution >= 4 is 51.4 Å². The molecule has 1 heterocycles. The maximum absolute atomic E-state index is 12.9. The molecule has 5 nitrogen and oxygen atoms in total. The molecule has 2 amide bonds. The van der Waals surface area contributed by atoms with Gasteiger partial charge in [0.05, 0.1) is 21.2 Å². The van der Waals surface area contributed by atoms with Gasteiger partial charge in [-0.15, -0.1) is 11.3 Å². The van der Waals surface area contributed by atoms with E-state index >= 15 is 0 Å². The van der Waals surface area contributed by atoms with Crippen LogP contribution in [0.25, 0.3) is 0 Å². The van der Waals surface area contributed by atoms with Crippen LogP contribution in [0, 0.1) is 0 Å². The minimum atomic E-state index is -0.375. The van der Waals surface area contributed by atoms with Gasteiger partial charge in [0, 0.05) is 25.1 Å². The molecule has 0 saturated carbocycles. The van der Waals surface area contributed by atoms with Crippen molar-refractivity contribution < 1.29 is 14.3 Å². The second kappa shape index (κ2) is 9.74. The van der Waals surface area contributed by atoms with Gasteiger partial charge < -0.3 is 15.4 Å². The van der Waals surface area contributed by atoms with Crippen LogP contribution in [0.1, 0.15) is 50.4 Å². The van der Waals surface area contributed by atoms with E-state index in [0.29, 0.717) is 28.7 Å². The van der Waals surface area contributed by atoms with E-state index in [2.05, 4.69) is 10.6 Å². The maximum atomic E-state index is 12.9. The molecule has 0 saturated heterocycles. The van der Waals surface area contributed by atoms with E-state index in [1.54, 1.807) is 25.3 Å². The average molecular weight is 441 g/mol. The zero-order chi connectivity index (χ0) is 20.1. The topological polar surface area (TPSA) is 67.4 Å². The van der Waals surface area contributed by atoms with E-state index in [0.717, 1.165) is 37.7 Å². The Balaban J connectivity index is 1.85. The molecular weight excluding hydrogens is 419 g/mol. The van der Waals surface area contributed by atoms with Crippen LogP contribution in [0.2, 0.25) is 10.0 Å². The third-order valence-corrected chi connectivity index (χ3v) is 6.66. The Morgan fingerprint density at radius 2 is 1.96 bits per heavy atom.